The zero-order valence-electron chi connectivity index (χ0n) is 11.6. The molecule has 0 unspecified atom stereocenters. The molecule has 2 nitrogen and oxygen atoms in total. The Labute approximate surface area is 119 Å². The average Bonchev–Trinajstić information content (AvgIpc) is 2.24. The molecule has 0 saturated carbocycles. The van der Waals surface area contributed by atoms with Gasteiger partial charge in [-0.1, -0.05) is 15.9 Å². The second-order valence-electron chi connectivity index (χ2n) is 5.87. The van der Waals surface area contributed by atoms with Gasteiger partial charge in [0.2, 0.25) is 0 Å². The van der Waals surface area contributed by atoms with Crippen molar-refractivity contribution >= 4 is 21.6 Å². The van der Waals surface area contributed by atoms with Gasteiger partial charge in [0.05, 0.1) is 0 Å². The number of rotatable bonds is 1. The molecule has 0 radical (unpaired) electrons. The third-order valence-corrected chi connectivity index (χ3v) is 4.04. The van der Waals surface area contributed by atoms with Crippen LogP contribution in [0, 0.1) is 6.92 Å². The van der Waals surface area contributed by atoms with Crippen LogP contribution in [0.3, 0.4) is 0 Å². The first-order valence-corrected chi connectivity index (χ1v) is 7.53. The van der Waals surface area contributed by atoms with Crippen molar-refractivity contribution in [3.05, 3.63) is 28.2 Å². The van der Waals surface area contributed by atoms with Crippen molar-refractivity contribution in [1.29, 1.82) is 0 Å². The zero-order valence-corrected chi connectivity index (χ0v) is 13.2. The Morgan fingerprint density at radius 1 is 1.28 bits per heavy atom. The summed E-state index contributed by atoms with van der Waals surface area (Å²) in [7, 11) is 0. The van der Waals surface area contributed by atoms with E-state index in [-0.39, 0.29) is 5.54 Å². The lowest BCUT2D eigenvalue weighted by molar-refractivity contribution is 0.364. The van der Waals surface area contributed by atoms with Crippen molar-refractivity contribution in [3.63, 3.8) is 0 Å². The smallest absolute Gasteiger partial charge is 0.0397 e. The number of hydrogen-bond donors (Lipinski definition) is 1. The van der Waals surface area contributed by atoms with E-state index in [1.165, 1.54) is 24.1 Å². The second kappa shape index (κ2) is 5.62. The number of nitrogens with zero attached hydrogens (tertiary/aromatic N) is 1. The first kappa shape index (κ1) is 13.9. The summed E-state index contributed by atoms with van der Waals surface area (Å²) in [5.74, 6) is 0. The lowest BCUT2D eigenvalue weighted by Crippen LogP contribution is -2.51. The van der Waals surface area contributed by atoms with Crippen LogP contribution in [0.25, 0.3) is 0 Å². The lowest BCUT2D eigenvalue weighted by atomic mass is 10.0. The van der Waals surface area contributed by atoms with Gasteiger partial charge in [-0.2, -0.15) is 0 Å². The van der Waals surface area contributed by atoms with Crippen LogP contribution < -0.4 is 10.2 Å². The Morgan fingerprint density at radius 3 is 2.78 bits per heavy atom. The van der Waals surface area contributed by atoms with E-state index in [4.69, 9.17) is 0 Å². The summed E-state index contributed by atoms with van der Waals surface area (Å²) in [6.07, 6.45) is 2.52. The van der Waals surface area contributed by atoms with E-state index in [2.05, 4.69) is 65.1 Å². The van der Waals surface area contributed by atoms with Gasteiger partial charge < -0.3 is 10.2 Å². The van der Waals surface area contributed by atoms with Gasteiger partial charge in [-0.3, -0.25) is 0 Å². The number of nitrogens with one attached hydrogen (secondary N) is 1. The van der Waals surface area contributed by atoms with Crippen molar-refractivity contribution < 1.29 is 0 Å². The van der Waals surface area contributed by atoms with Gasteiger partial charge in [0, 0.05) is 28.8 Å². The molecule has 1 N–H and O–H groups in total. The summed E-state index contributed by atoms with van der Waals surface area (Å²) in [5, 5.41) is 3.64. The van der Waals surface area contributed by atoms with Gasteiger partial charge in [-0.15, -0.1) is 0 Å². The number of aryl methyl sites for hydroxylation is 1. The molecule has 0 aliphatic carbocycles. The van der Waals surface area contributed by atoms with E-state index in [0.29, 0.717) is 0 Å². The van der Waals surface area contributed by atoms with E-state index in [0.717, 1.165) is 24.1 Å². The van der Waals surface area contributed by atoms with Gasteiger partial charge >= 0.3 is 0 Å². The summed E-state index contributed by atoms with van der Waals surface area (Å²) in [5.41, 5.74) is 2.90. The van der Waals surface area contributed by atoms with E-state index in [1.807, 2.05) is 0 Å². The summed E-state index contributed by atoms with van der Waals surface area (Å²) in [6.45, 7) is 10.1. The molecule has 100 valence electrons. The normalized spacial score (nSPS) is 20.3. The quantitative estimate of drug-likeness (QED) is 0.850. The predicted octanol–water partition coefficient (Wildman–Crippen LogP) is 3.73. The Kier molecular flexibility index (Phi) is 4.33. The Hall–Kier alpha value is -0.540. The number of anilines is 1. The second-order valence-corrected chi connectivity index (χ2v) is 6.79. The molecule has 1 heterocycles. The summed E-state index contributed by atoms with van der Waals surface area (Å²) < 4.78 is 1.16. The molecule has 1 fully saturated rings. The lowest BCUT2D eigenvalue weighted by Gasteiger charge is -2.38. The molecule has 0 aromatic heterocycles. The highest BCUT2D eigenvalue weighted by Crippen LogP contribution is 2.26. The van der Waals surface area contributed by atoms with Crippen LogP contribution in [0.4, 0.5) is 5.69 Å². The van der Waals surface area contributed by atoms with Crippen LogP contribution in [0.15, 0.2) is 22.7 Å². The van der Waals surface area contributed by atoms with E-state index >= 15 is 0 Å². The molecule has 1 aromatic carbocycles. The molecule has 18 heavy (non-hydrogen) atoms. The molecule has 2 rings (SSSR count). The fourth-order valence-corrected chi connectivity index (χ4v) is 3.12. The minimum absolute atomic E-state index is 0.180. The highest BCUT2D eigenvalue weighted by molar-refractivity contribution is 9.10. The molecule has 3 heteroatoms. The first-order chi connectivity index (χ1) is 8.48. The number of hydrogen-bond acceptors (Lipinski definition) is 2. The van der Waals surface area contributed by atoms with Crippen molar-refractivity contribution in [3.8, 4) is 0 Å². The predicted molar refractivity (Wildman–Crippen MR) is 82.4 cm³/mol. The molecule has 1 aromatic rings. The molecule has 0 amide bonds. The minimum atomic E-state index is 0.180. The van der Waals surface area contributed by atoms with Gasteiger partial charge in [-0.25, -0.2) is 0 Å². The van der Waals surface area contributed by atoms with Gasteiger partial charge in [0.1, 0.15) is 0 Å². The van der Waals surface area contributed by atoms with Crippen LogP contribution in [0.5, 0.6) is 0 Å². The molecular weight excluding hydrogens is 288 g/mol. The highest BCUT2D eigenvalue weighted by atomic mass is 79.9. The van der Waals surface area contributed by atoms with Crippen LogP contribution in [0.2, 0.25) is 0 Å². The maximum absolute atomic E-state index is 3.64. The standard InChI is InChI=1S/C15H23BrN2/c1-12-10-13(16)6-7-14(12)18-9-5-4-8-17-15(2,3)11-18/h6-7,10,17H,4-5,8-9,11H2,1-3H3. The van der Waals surface area contributed by atoms with Gasteiger partial charge in [0.25, 0.3) is 0 Å². The molecular formula is C15H23BrN2. The maximum atomic E-state index is 3.64. The fourth-order valence-electron chi connectivity index (χ4n) is 2.65. The monoisotopic (exact) mass is 310 g/mol. The SMILES string of the molecule is Cc1cc(Br)ccc1N1CCCCNC(C)(C)C1. The molecule has 1 aliphatic rings. The minimum Gasteiger partial charge on any atom is -0.369 e. The third kappa shape index (κ3) is 3.48. The first-order valence-electron chi connectivity index (χ1n) is 6.74. The Balaban J connectivity index is 2.23. The summed E-state index contributed by atoms with van der Waals surface area (Å²) in [4.78, 5) is 2.52. The molecule has 0 bridgehead atoms. The largest absolute Gasteiger partial charge is 0.369 e. The highest BCUT2D eigenvalue weighted by Gasteiger charge is 2.23. The van der Waals surface area contributed by atoms with Crippen LogP contribution in [-0.2, 0) is 0 Å². The average molecular weight is 311 g/mol. The number of halogens is 1. The topological polar surface area (TPSA) is 15.3 Å². The van der Waals surface area contributed by atoms with E-state index in [9.17, 15) is 0 Å². The van der Waals surface area contributed by atoms with Crippen molar-refractivity contribution in [2.75, 3.05) is 24.5 Å². The van der Waals surface area contributed by atoms with E-state index in [1.54, 1.807) is 0 Å². The Morgan fingerprint density at radius 2 is 2.06 bits per heavy atom. The summed E-state index contributed by atoms with van der Waals surface area (Å²) in [6, 6.07) is 6.58. The van der Waals surface area contributed by atoms with Crippen LogP contribution in [-0.4, -0.2) is 25.2 Å². The zero-order chi connectivity index (χ0) is 13.2. The fraction of sp³-hybridized carbons (Fsp3) is 0.600. The Bertz CT molecular complexity index is 415. The van der Waals surface area contributed by atoms with Crippen molar-refractivity contribution in [2.45, 2.75) is 39.2 Å². The van der Waals surface area contributed by atoms with Crippen molar-refractivity contribution in [1.82, 2.24) is 5.32 Å². The van der Waals surface area contributed by atoms with Crippen molar-refractivity contribution in [2.24, 2.45) is 0 Å². The van der Waals surface area contributed by atoms with Crippen LogP contribution in [0.1, 0.15) is 32.3 Å². The number of benzene rings is 1. The molecule has 0 atom stereocenters. The van der Waals surface area contributed by atoms with Gasteiger partial charge in [-0.05, 0) is 63.9 Å². The summed E-state index contributed by atoms with van der Waals surface area (Å²) >= 11 is 3.54. The van der Waals surface area contributed by atoms with Crippen LogP contribution >= 0.6 is 15.9 Å². The van der Waals surface area contributed by atoms with E-state index < -0.39 is 0 Å². The van der Waals surface area contributed by atoms with Gasteiger partial charge in [0.15, 0.2) is 0 Å². The maximum Gasteiger partial charge on any atom is 0.0397 e. The molecule has 1 saturated heterocycles. The third-order valence-electron chi connectivity index (χ3n) is 3.54. The molecule has 0 spiro atoms. The molecule has 1 aliphatic heterocycles.